The molecule has 5 nitrogen and oxygen atoms in total. The number of halogens is 3. The molecule has 2 heterocycles. The number of ketones is 1. The highest BCUT2D eigenvalue weighted by atomic mass is 35.5. The Morgan fingerprint density at radius 2 is 1.87 bits per heavy atom. The molecule has 5 rings (SSSR count). The van der Waals surface area contributed by atoms with E-state index in [0.29, 0.717) is 45.8 Å². The number of carbonyl (C=O) groups excluding carboxylic acids is 1. The van der Waals surface area contributed by atoms with Crippen molar-refractivity contribution in [3.8, 4) is 11.4 Å². The minimum atomic E-state index is -0.527. The maximum absolute atomic E-state index is 13.4. The normalized spacial score (nSPS) is 19.6. The van der Waals surface area contributed by atoms with Crippen molar-refractivity contribution in [1.82, 2.24) is 14.8 Å². The van der Waals surface area contributed by atoms with Gasteiger partial charge in [-0.15, -0.1) is 5.10 Å². The van der Waals surface area contributed by atoms with Crippen molar-refractivity contribution < 1.29 is 9.18 Å². The highest BCUT2D eigenvalue weighted by Gasteiger charge is 2.42. The average molecular weight is 457 g/mol. The fourth-order valence-electron chi connectivity index (χ4n) is 4.34. The second-order valence-corrected chi connectivity index (χ2v) is 9.58. The molecule has 0 saturated carbocycles. The fraction of sp³-hybridized carbons (Fsp3) is 0.261. The molecule has 3 aromatic rings. The Kier molecular flexibility index (Phi) is 4.68. The van der Waals surface area contributed by atoms with Gasteiger partial charge in [0.25, 0.3) is 0 Å². The zero-order valence-corrected chi connectivity index (χ0v) is 18.4. The summed E-state index contributed by atoms with van der Waals surface area (Å²) in [6.07, 6.45) is 1.14. The van der Waals surface area contributed by atoms with E-state index in [-0.39, 0.29) is 17.0 Å². The first kappa shape index (κ1) is 20.2. The number of fused-ring (bicyclic) bond motifs is 1. The van der Waals surface area contributed by atoms with E-state index in [2.05, 4.69) is 29.2 Å². The molecule has 1 unspecified atom stereocenters. The van der Waals surface area contributed by atoms with Crippen molar-refractivity contribution in [3.05, 3.63) is 75.2 Å². The van der Waals surface area contributed by atoms with Crippen molar-refractivity contribution in [2.45, 2.75) is 32.7 Å². The molecule has 1 N–H and O–H groups in total. The largest absolute Gasteiger partial charge is 0.328 e. The van der Waals surface area contributed by atoms with Crippen molar-refractivity contribution in [3.63, 3.8) is 0 Å². The second kappa shape index (κ2) is 7.18. The molecule has 1 aliphatic heterocycles. The van der Waals surface area contributed by atoms with E-state index in [0.717, 1.165) is 11.3 Å². The van der Waals surface area contributed by atoms with Gasteiger partial charge < -0.3 is 5.32 Å². The summed E-state index contributed by atoms with van der Waals surface area (Å²) in [6, 6.07) is 10.7. The highest BCUT2D eigenvalue weighted by Crippen LogP contribution is 2.47. The summed E-state index contributed by atoms with van der Waals surface area (Å²) in [5, 5.41) is 8.96. The molecule has 8 heteroatoms. The number of anilines is 1. The van der Waals surface area contributed by atoms with Gasteiger partial charge in [0.15, 0.2) is 11.6 Å². The summed E-state index contributed by atoms with van der Waals surface area (Å²) < 4.78 is 15.1. The number of Topliss-reactive ketones (excluding diaryl/α,β-unsaturated/α-hetero) is 1. The van der Waals surface area contributed by atoms with Crippen molar-refractivity contribution in [2.24, 2.45) is 5.41 Å². The van der Waals surface area contributed by atoms with Crippen LogP contribution in [0.5, 0.6) is 0 Å². The van der Waals surface area contributed by atoms with Crippen LogP contribution in [0.1, 0.15) is 38.3 Å². The van der Waals surface area contributed by atoms with Crippen molar-refractivity contribution in [1.29, 1.82) is 0 Å². The maximum Gasteiger partial charge on any atom is 0.226 e. The Labute approximate surface area is 188 Å². The standard InChI is InChI=1S/C23H19Cl2FN4O/c1-23(2)10-17-19(18(31)11-23)20(15-8-5-13(24)9-16(15)25)30-22(27-17)28-21(29-30)12-3-6-14(26)7-4-12/h3-9,20H,10-11H2,1-2H3,(H,27,28,29). The van der Waals surface area contributed by atoms with Crippen LogP contribution >= 0.6 is 23.2 Å². The second-order valence-electron chi connectivity index (χ2n) is 8.74. The minimum Gasteiger partial charge on any atom is -0.328 e. The zero-order valence-electron chi connectivity index (χ0n) is 16.9. The number of benzene rings is 2. The summed E-state index contributed by atoms with van der Waals surface area (Å²) in [5.74, 6) is 0.671. The SMILES string of the molecule is CC1(C)CC(=O)C2=C(C1)Nc1nc(-c3ccc(F)cc3)nn1C2c1ccc(Cl)cc1Cl. The Balaban J connectivity index is 1.70. The number of aromatic nitrogens is 3. The minimum absolute atomic E-state index is 0.0549. The van der Waals surface area contributed by atoms with Crippen LogP contribution in [0.4, 0.5) is 10.3 Å². The monoisotopic (exact) mass is 456 g/mol. The van der Waals surface area contributed by atoms with Crippen LogP contribution in [0.3, 0.4) is 0 Å². The molecule has 2 aliphatic rings. The van der Waals surface area contributed by atoms with Crippen molar-refractivity contribution >= 4 is 34.9 Å². The zero-order chi connectivity index (χ0) is 21.9. The van der Waals surface area contributed by atoms with E-state index in [1.165, 1.54) is 12.1 Å². The number of rotatable bonds is 2. The van der Waals surface area contributed by atoms with E-state index >= 15 is 0 Å². The van der Waals surface area contributed by atoms with Gasteiger partial charge in [0.05, 0.1) is 0 Å². The molecule has 0 spiro atoms. The molecule has 0 saturated heterocycles. The van der Waals surface area contributed by atoms with E-state index in [1.807, 2.05) is 6.07 Å². The van der Waals surface area contributed by atoms with Crippen molar-refractivity contribution in [2.75, 3.05) is 5.32 Å². The lowest BCUT2D eigenvalue weighted by atomic mass is 9.73. The maximum atomic E-state index is 13.4. The van der Waals surface area contributed by atoms with Crippen LogP contribution < -0.4 is 5.32 Å². The Bertz CT molecular complexity index is 1250. The Morgan fingerprint density at radius 1 is 1.13 bits per heavy atom. The Hall–Kier alpha value is -2.70. The van der Waals surface area contributed by atoms with Crippen LogP contribution in [0.15, 0.2) is 53.7 Å². The molecule has 158 valence electrons. The summed E-state index contributed by atoms with van der Waals surface area (Å²) in [5.41, 5.74) is 2.72. The summed E-state index contributed by atoms with van der Waals surface area (Å²) >= 11 is 12.7. The lowest BCUT2D eigenvalue weighted by Gasteiger charge is -2.38. The molecule has 1 aromatic heterocycles. The van der Waals surface area contributed by atoms with Gasteiger partial charge in [-0.25, -0.2) is 9.07 Å². The first-order valence-corrected chi connectivity index (χ1v) is 10.7. The predicted octanol–water partition coefficient (Wildman–Crippen LogP) is 6.05. The van der Waals surface area contributed by atoms with Crippen LogP contribution in [0, 0.1) is 11.2 Å². The predicted molar refractivity (Wildman–Crippen MR) is 119 cm³/mol. The van der Waals surface area contributed by atoms with Crippen LogP contribution in [-0.4, -0.2) is 20.5 Å². The van der Waals surface area contributed by atoms with E-state index in [1.54, 1.807) is 28.9 Å². The quantitative estimate of drug-likeness (QED) is 0.509. The van der Waals surface area contributed by atoms with Crippen LogP contribution in [0.25, 0.3) is 11.4 Å². The average Bonchev–Trinajstić information content (AvgIpc) is 3.10. The number of carbonyl (C=O) groups is 1. The summed E-state index contributed by atoms with van der Waals surface area (Å²) in [6.45, 7) is 4.15. The number of nitrogens with one attached hydrogen (secondary N) is 1. The third kappa shape index (κ3) is 3.54. The van der Waals surface area contributed by atoms with Gasteiger partial charge >= 0.3 is 0 Å². The molecule has 1 aliphatic carbocycles. The van der Waals surface area contributed by atoms with Gasteiger partial charge in [-0.2, -0.15) is 4.98 Å². The third-order valence-electron chi connectivity index (χ3n) is 5.69. The molecular formula is C23H19Cl2FN4O. The summed E-state index contributed by atoms with van der Waals surface area (Å²) in [7, 11) is 0. The molecular weight excluding hydrogens is 438 g/mol. The molecule has 0 amide bonds. The molecule has 0 radical (unpaired) electrons. The molecule has 1 atom stereocenters. The Morgan fingerprint density at radius 3 is 2.58 bits per heavy atom. The lowest BCUT2D eigenvalue weighted by molar-refractivity contribution is -0.118. The smallest absolute Gasteiger partial charge is 0.226 e. The van der Waals surface area contributed by atoms with Gasteiger partial charge in [0.1, 0.15) is 11.9 Å². The number of hydrogen-bond acceptors (Lipinski definition) is 4. The third-order valence-corrected chi connectivity index (χ3v) is 6.25. The number of nitrogens with zero attached hydrogens (tertiary/aromatic N) is 3. The lowest BCUT2D eigenvalue weighted by Crippen LogP contribution is -2.36. The van der Waals surface area contributed by atoms with E-state index in [4.69, 9.17) is 23.2 Å². The molecule has 0 bridgehead atoms. The topological polar surface area (TPSA) is 59.8 Å². The first-order chi connectivity index (χ1) is 14.7. The van der Waals surface area contributed by atoms with Crippen LogP contribution in [0.2, 0.25) is 10.0 Å². The van der Waals surface area contributed by atoms with Gasteiger partial charge in [-0.1, -0.05) is 43.1 Å². The molecule has 31 heavy (non-hydrogen) atoms. The van der Waals surface area contributed by atoms with Gasteiger partial charge in [-0.05, 0) is 48.2 Å². The van der Waals surface area contributed by atoms with E-state index < -0.39 is 6.04 Å². The van der Waals surface area contributed by atoms with E-state index in [9.17, 15) is 9.18 Å². The van der Waals surface area contributed by atoms with Gasteiger partial charge in [0, 0.05) is 38.9 Å². The first-order valence-electron chi connectivity index (χ1n) is 9.92. The number of allylic oxidation sites excluding steroid dienone is 2. The van der Waals surface area contributed by atoms with Crippen LogP contribution in [-0.2, 0) is 4.79 Å². The van der Waals surface area contributed by atoms with Gasteiger partial charge in [-0.3, -0.25) is 4.79 Å². The fourth-order valence-corrected chi connectivity index (χ4v) is 4.85. The summed E-state index contributed by atoms with van der Waals surface area (Å²) in [4.78, 5) is 17.9. The highest BCUT2D eigenvalue weighted by molar-refractivity contribution is 6.35. The molecule has 2 aromatic carbocycles. The molecule has 0 fully saturated rings. The number of hydrogen-bond donors (Lipinski definition) is 1. The van der Waals surface area contributed by atoms with Gasteiger partial charge in [0.2, 0.25) is 5.95 Å².